The van der Waals surface area contributed by atoms with Gasteiger partial charge in [0.25, 0.3) is 0 Å². The van der Waals surface area contributed by atoms with E-state index in [1.54, 1.807) is 7.11 Å². The summed E-state index contributed by atoms with van der Waals surface area (Å²) in [6.07, 6.45) is 3.51. The number of amides is 2. The molecule has 3 unspecified atom stereocenters. The summed E-state index contributed by atoms with van der Waals surface area (Å²) in [5.74, 6) is -1.12. The molecule has 0 bridgehead atoms. The molecule has 3 atom stereocenters. The largest absolute Gasteiger partial charge is 0.481 e. The van der Waals surface area contributed by atoms with Crippen LogP contribution in [0.15, 0.2) is 0 Å². The fraction of sp³-hybridized carbons (Fsp3) is 0.857. The maximum Gasteiger partial charge on any atom is 0.315 e. The number of carbonyl (C=O) groups excluding carboxylic acids is 1. The molecule has 0 saturated heterocycles. The van der Waals surface area contributed by atoms with Crippen molar-refractivity contribution in [1.29, 1.82) is 0 Å². The van der Waals surface area contributed by atoms with Gasteiger partial charge in [0.05, 0.1) is 18.1 Å². The molecule has 3 N–H and O–H groups in total. The van der Waals surface area contributed by atoms with Gasteiger partial charge in [0.2, 0.25) is 0 Å². The van der Waals surface area contributed by atoms with E-state index < -0.39 is 11.9 Å². The molecule has 1 aliphatic carbocycles. The van der Waals surface area contributed by atoms with Crippen molar-refractivity contribution in [2.24, 2.45) is 11.8 Å². The van der Waals surface area contributed by atoms with Gasteiger partial charge < -0.3 is 20.5 Å². The molecule has 0 aromatic carbocycles. The van der Waals surface area contributed by atoms with Crippen molar-refractivity contribution in [2.45, 2.75) is 51.7 Å². The Kier molecular flexibility index (Phi) is 6.78. The van der Waals surface area contributed by atoms with E-state index in [4.69, 9.17) is 9.84 Å². The van der Waals surface area contributed by atoms with Crippen LogP contribution < -0.4 is 10.6 Å². The van der Waals surface area contributed by atoms with Crippen molar-refractivity contribution in [3.8, 4) is 0 Å². The number of ether oxygens (including phenoxy) is 1. The second kappa shape index (κ2) is 8.09. The number of urea groups is 1. The summed E-state index contributed by atoms with van der Waals surface area (Å²) in [6.45, 7) is 4.10. The van der Waals surface area contributed by atoms with Crippen molar-refractivity contribution >= 4 is 12.0 Å². The Morgan fingerprint density at radius 3 is 2.60 bits per heavy atom. The monoisotopic (exact) mass is 286 g/mol. The van der Waals surface area contributed by atoms with E-state index in [0.717, 1.165) is 19.3 Å². The lowest BCUT2D eigenvalue weighted by molar-refractivity contribution is -0.142. The normalized spacial score (nSPS) is 23.6. The third kappa shape index (κ3) is 5.36. The molecule has 0 aromatic rings. The molecule has 6 heteroatoms. The SMILES string of the molecule is COC1CCCC1NC(=O)NCC(CC(C)C)C(=O)O. The molecule has 1 aliphatic rings. The molecule has 20 heavy (non-hydrogen) atoms. The highest BCUT2D eigenvalue weighted by molar-refractivity contribution is 5.76. The number of nitrogens with one attached hydrogen (secondary N) is 2. The molecule has 0 aromatic heterocycles. The first-order valence-electron chi connectivity index (χ1n) is 7.24. The highest BCUT2D eigenvalue weighted by Gasteiger charge is 2.28. The topological polar surface area (TPSA) is 87.7 Å². The third-order valence-corrected chi connectivity index (χ3v) is 3.69. The van der Waals surface area contributed by atoms with Gasteiger partial charge in [-0.2, -0.15) is 0 Å². The molecule has 1 saturated carbocycles. The zero-order chi connectivity index (χ0) is 15.1. The summed E-state index contributed by atoms with van der Waals surface area (Å²) in [5, 5.41) is 14.6. The standard InChI is InChI=1S/C14H26N2O4/c1-9(2)7-10(13(17)18)8-15-14(19)16-11-5-4-6-12(11)20-3/h9-12H,4-8H2,1-3H3,(H,17,18)(H2,15,16,19). The van der Waals surface area contributed by atoms with Crippen LogP contribution in [0.3, 0.4) is 0 Å². The number of carboxylic acid groups (broad SMARTS) is 1. The van der Waals surface area contributed by atoms with Crippen LogP contribution in [0.25, 0.3) is 0 Å². The van der Waals surface area contributed by atoms with Crippen molar-refractivity contribution in [1.82, 2.24) is 10.6 Å². The zero-order valence-electron chi connectivity index (χ0n) is 12.5. The maximum atomic E-state index is 11.8. The number of methoxy groups -OCH3 is 1. The molecule has 116 valence electrons. The van der Waals surface area contributed by atoms with E-state index in [1.165, 1.54) is 0 Å². The lowest BCUT2D eigenvalue weighted by Gasteiger charge is -2.21. The van der Waals surface area contributed by atoms with E-state index in [0.29, 0.717) is 6.42 Å². The summed E-state index contributed by atoms with van der Waals surface area (Å²) in [4.78, 5) is 22.9. The second-order valence-corrected chi connectivity index (χ2v) is 5.83. The minimum Gasteiger partial charge on any atom is -0.481 e. The third-order valence-electron chi connectivity index (χ3n) is 3.69. The smallest absolute Gasteiger partial charge is 0.315 e. The Labute approximate surface area is 120 Å². The molecule has 0 aliphatic heterocycles. The van der Waals surface area contributed by atoms with Gasteiger partial charge in [0.1, 0.15) is 0 Å². The highest BCUT2D eigenvalue weighted by atomic mass is 16.5. The van der Waals surface area contributed by atoms with Crippen LogP contribution >= 0.6 is 0 Å². The molecule has 2 amide bonds. The van der Waals surface area contributed by atoms with Crippen LogP contribution in [0.5, 0.6) is 0 Å². The minimum absolute atomic E-state index is 0.0216. The molecule has 0 heterocycles. The van der Waals surface area contributed by atoms with E-state index in [1.807, 2.05) is 13.8 Å². The predicted molar refractivity (Wildman–Crippen MR) is 75.6 cm³/mol. The molecule has 1 fully saturated rings. The van der Waals surface area contributed by atoms with Crippen LogP contribution in [0, 0.1) is 11.8 Å². The molecule has 6 nitrogen and oxygen atoms in total. The average Bonchev–Trinajstić information content (AvgIpc) is 2.80. The van der Waals surface area contributed by atoms with Crippen molar-refractivity contribution < 1.29 is 19.4 Å². The van der Waals surface area contributed by atoms with E-state index in [2.05, 4.69) is 10.6 Å². The molecule has 0 spiro atoms. The summed E-state index contributed by atoms with van der Waals surface area (Å²) in [6, 6.07) is -0.290. The molecular weight excluding hydrogens is 260 g/mol. The number of carbonyl (C=O) groups is 2. The van der Waals surface area contributed by atoms with Crippen LogP contribution in [-0.2, 0) is 9.53 Å². The number of carboxylic acids is 1. The average molecular weight is 286 g/mol. The van der Waals surface area contributed by atoms with Crippen molar-refractivity contribution in [3.63, 3.8) is 0 Å². The van der Waals surface area contributed by atoms with Gasteiger partial charge >= 0.3 is 12.0 Å². The Morgan fingerprint density at radius 1 is 1.35 bits per heavy atom. The van der Waals surface area contributed by atoms with Gasteiger partial charge in [-0.3, -0.25) is 4.79 Å². The van der Waals surface area contributed by atoms with Crippen LogP contribution in [0.1, 0.15) is 39.5 Å². The van der Waals surface area contributed by atoms with Gasteiger partial charge in [-0.05, 0) is 31.6 Å². The minimum atomic E-state index is -0.866. The lowest BCUT2D eigenvalue weighted by Crippen LogP contribution is -2.47. The Balaban J connectivity index is 2.36. The fourth-order valence-corrected chi connectivity index (χ4v) is 2.65. The van der Waals surface area contributed by atoms with Crippen LogP contribution in [-0.4, -0.2) is 42.9 Å². The zero-order valence-corrected chi connectivity index (χ0v) is 12.5. The second-order valence-electron chi connectivity index (χ2n) is 5.83. The predicted octanol–water partition coefficient (Wildman–Crippen LogP) is 1.60. The van der Waals surface area contributed by atoms with Crippen LogP contribution in [0.2, 0.25) is 0 Å². The van der Waals surface area contributed by atoms with Crippen LogP contribution in [0.4, 0.5) is 4.79 Å². The first kappa shape index (κ1) is 16.8. The van der Waals surface area contributed by atoms with Gasteiger partial charge in [0, 0.05) is 13.7 Å². The van der Waals surface area contributed by atoms with Gasteiger partial charge in [0.15, 0.2) is 0 Å². The lowest BCUT2D eigenvalue weighted by atomic mass is 9.97. The fourth-order valence-electron chi connectivity index (χ4n) is 2.65. The van der Waals surface area contributed by atoms with Gasteiger partial charge in [-0.15, -0.1) is 0 Å². The summed E-state index contributed by atoms with van der Waals surface area (Å²) in [5.41, 5.74) is 0. The Morgan fingerprint density at radius 2 is 2.05 bits per heavy atom. The van der Waals surface area contributed by atoms with Gasteiger partial charge in [-0.1, -0.05) is 13.8 Å². The van der Waals surface area contributed by atoms with Gasteiger partial charge in [-0.25, -0.2) is 4.79 Å². The number of aliphatic carboxylic acids is 1. The molecule has 0 radical (unpaired) electrons. The first-order valence-corrected chi connectivity index (χ1v) is 7.24. The van der Waals surface area contributed by atoms with Crippen molar-refractivity contribution in [3.05, 3.63) is 0 Å². The van der Waals surface area contributed by atoms with E-state index in [-0.39, 0.29) is 30.6 Å². The number of rotatable bonds is 7. The summed E-state index contributed by atoms with van der Waals surface area (Å²) < 4.78 is 5.30. The number of hydrogen-bond acceptors (Lipinski definition) is 3. The summed E-state index contributed by atoms with van der Waals surface area (Å²) in [7, 11) is 1.64. The number of hydrogen-bond donors (Lipinski definition) is 3. The van der Waals surface area contributed by atoms with E-state index >= 15 is 0 Å². The first-order chi connectivity index (χ1) is 9.43. The summed E-state index contributed by atoms with van der Waals surface area (Å²) >= 11 is 0. The van der Waals surface area contributed by atoms with Crippen molar-refractivity contribution in [2.75, 3.05) is 13.7 Å². The van der Waals surface area contributed by atoms with E-state index in [9.17, 15) is 9.59 Å². The Bertz CT molecular complexity index is 333. The highest BCUT2D eigenvalue weighted by Crippen LogP contribution is 2.21. The maximum absolute atomic E-state index is 11.8. The quantitative estimate of drug-likeness (QED) is 0.663. The Hall–Kier alpha value is -1.30. The molecular formula is C14H26N2O4. The molecule has 1 rings (SSSR count).